The SMILES string of the molecule is O=C(CCc1cccc([N+](=O)[O-])c1)c1ccc(O)cc1O. The molecule has 0 heterocycles. The van der Waals surface area contributed by atoms with E-state index in [2.05, 4.69) is 0 Å². The van der Waals surface area contributed by atoms with Crippen LogP contribution in [0.2, 0.25) is 0 Å². The van der Waals surface area contributed by atoms with Crippen LogP contribution in [0.15, 0.2) is 42.5 Å². The van der Waals surface area contributed by atoms with Gasteiger partial charge in [-0.3, -0.25) is 14.9 Å². The summed E-state index contributed by atoms with van der Waals surface area (Å²) < 4.78 is 0. The van der Waals surface area contributed by atoms with Crippen molar-refractivity contribution in [2.45, 2.75) is 12.8 Å². The van der Waals surface area contributed by atoms with Crippen LogP contribution < -0.4 is 0 Å². The maximum atomic E-state index is 12.0. The van der Waals surface area contributed by atoms with E-state index in [1.165, 1.54) is 24.3 Å². The zero-order valence-corrected chi connectivity index (χ0v) is 11.0. The van der Waals surface area contributed by atoms with Crippen molar-refractivity contribution in [2.75, 3.05) is 0 Å². The third kappa shape index (κ3) is 3.56. The van der Waals surface area contributed by atoms with Crippen molar-refractivity contribution in [3.8, 4) is 11.5 Å². The number of hydrogen-bond acceptors (Lipinski definition) is 5. The summed E-state index contributed by atoms with van der Waals surface area (Å²) in [5, 5.41) is 29.5. The van der Waals surface area contributed by atoms with Gasteiger partial charge in [0, 0.05) is 24.6 Å². The third-order valence-electron chi connectivity index (χ3n) is 3.04. The second-order valence-corrected chi connectivity index (χ2v) is 4.55. The number of benzene rings is 2. The van der Waals surface area contributed by atoms with Gasteiger partial charge < -0.3 is 10.2 Å². The van der Waals surface area contributed by atoms with Crippen molar-refractivity contribution in [3.05, 3.63) is 63.7 Å². The van der Waals surface area contributed by atoms with Crippen molar-refractivity contribution in [3.63, 3.8) is 0 Å². The standard InChI is InChI=1S/C15H13NO5/c17-12-5-6-13(15(19)9-12)14(18)7-4-10-2-1-3-11(8-10)16(20)21/h1-3,5-6,8-9,17,19H,4,7H2. The predicted molar refractivity (Wildman–Crippen MR) is 75.5 cm³/mol. The number of nitrogens with zero attached hydrogens (tertiary/aromatic N) is 1. The Bertz CT molecular complexity index is 696. The van der Waals surface area contributed by atoms with Crippen LogP contribution in [0.3, 0.4) is 0 Å². The average Bonchev–Trinajstić information content (AvgIpc) is 2.45. The second-order valence-electron chi connectivity index (χ2n) is 4.55. The molecule has 0 fully saturated rings. The first-order valence-corrected chi connectivity index (χ1v) is 6.26. The van der Waals surface area contributed by atoms with Crippen LogP contribution in [0, 0.1) is 10.1 Å². The average molecular weight is 287 g/mol. The Hall–Kier alpha value is -2.89. The third-order valence-corrected chi connectivity index (χ3v) is 3.04. The summed E-state index contributed by atoms with van der Waals surface area (Å²) in [6.07, 6.45) is 0.445. The van der Waals surface area contributed by atoms with Crippen LogP contribution in [0.4, 0.5) is 5.69 Å². The Morgan fingerprint density at radius 3 is 2.57 bits per heavy atom. The minimum Gasteiger partial charge on any atom is -0.508 e. The molecule has 0 saturated heterocycles. The van der Waals surface area contributed by atoms with Crippen LogP contribution in [-0.4, -0.2) is 20.9 Å². The summed E-state index contributed by atoms with van der Waals surface area (Å²) in [6.45, 7) is 0. The highest BCUT2D eigenvalue weighted by Gasteiger charge is 2.13. The molecule has 2 aromatic rings. The molecular weight excluding hydrogens is 274 g/mol. The van der Waals surface area contributed by atoms with Crippen LogP contribution in [0.25, 0.3) is 0 Å². The number of phenols is 2. The van der Waals surface area contributed by atoms with Crippen molar-refractivity contribution < 1.29 is 19.9 Å². The molecule has 0 aromatic heterocycles. The van der Waals surface area contributed by atoms with E-state index < -0.39 is 4.92 Å². The van der Waals surface area contributed by atoms with Gasteiger partial charge in [0.05, 0.1) is 10.5 Å². The van der Waals surface area contributed by atoms with Gasteiger partial charge in [0.15, 0.2) is 5.78 Å². The number of carbonyl (C=O) groups excluding carboxylic acids is 1. The van der Waals surface area contributed by atoms with Crippen molar-refractivity contribution in [2.24, 2.45) is 0 Å². The molecule has 0 aliphatic carbocycles. The molecule has 0 amide bonds. The normalized spacial score (nSPS) is 10.3. The molecule has 2 N–H and O–H groups in total. The lowest BCUT2D eigenvalue weighted by Crippen LogP contribution is -2.02. The van der Waals surface area contributed by atoms with E-state index in [0.717, 1.165) is 6.07 Å². The Morgan fingerprint density at radius 1 is 1.14 bits per heavy atom. The van der Waals surface area contributed by atoms with E-state index in [-0.39, 0.29) is 35.0 Å². The van der Waals surface area contributed by atoms with Gasteiger partial charge in [-0.15, -0.1) is 0 Å². The van der Waals surface area contributed by atoms with Crippen molar-refractivity contribution >= 4 is 11.5 Å². The summed E-state index contributed by atoms with van der Waals surface area (Å²) in [6, 6.07) is 9.84. The first-order valence-electron chi connectivity index (χ1n) is 6.26. The van der Waals surface area contributed by atoms with Crippen molar-refractivity contribution in [1.29, 1.82) is 0 Å². The maximum absolute atomic E-state index is 12.0. The Balaban J connectivity index is 2.07. The van der Waals surface area contributed by atoms with Crippen LogP contribution in [0.5, 0.6) is 11.5 Å². The molecule has 0 spiro atoms. The molecule has 0 unspecified atom stereocenters. The molecule has 0 aliphatic rings. The molecule has 2 aromatic carbocycles. The molecule has 108 valence electrons. The molecule has 0 saturated carbocycles. The number of phenolic OH excluding ortho intramolecular Hbond substituents is 2. The predicted octanol–water partition coefficient (Wildman–Crippen LogP) is 2.82. The summed E-state index contributed by atoms with van der Waals surface area (Å²) in [7, 11) is 0. The Kier molecular flexibility index (Phi) is 4.18. The number of hydrogen-bond donors (Lipinski definition) is 2. The Morgan fingerprint density at radius 2 is 1.90 bits per heavy atom. The van der Waals surface area contributed by atoms with Crippen LogP contribution >= 0.6 is 0 Å². The van der Waals surface area contributed by atoms with Gasteiger partial charge in [-0.05, 0) is 24.1 Å². The number of nitro benzene ring substituents is 1. The number of aryl methyl sites for hydroxylation is 1. The van der Waals surface area contributed by atoms with Gasteiger partial charge in [0.2, 0.25) is 0 Å². The minimum absolute atomic E-state index is 0.0209. The van der Waals surface area contributed by atoms with Gasteiger partial charge >= 0.3 is 0 Å². The molecule has 6 nitrogen and oxygen atoms in total. The minimum atomic E-state index is -0.489. The molecule has 0 radical (unpaired) electrons. The monoisotopic (exact) mass is 287 g/mol. The molecule has 0 aliphatic heterocycles. The molecular formula is C15H13NO5. The van der Waals surface area contributed by atoms with Gasteiger partial charge in [-0.25, -0.2) is 0 Å². The lowest BCUT2D eigenvalue weighted by molar-refractivity contribution is -0.384. The topological polar surface area (TPSA) is 101 Å². The second kappa shape index (κ2) is 6.04. The summed E-state index contributed by atoms with van der Waals surface area (Å²) in [5.41, 5.74) is 0.779. The Labute approximate surface area is 120 Å². The van der Waals surface area contributed by atoms with Gasteiger partial charge in [-0.1, -0.05) is 12.1 Å². The molecule has 0 atom stereocenters. The van der Waals surface area contributed by atoms with E-state index in [0.29, 0.717) is 12.0 Å². The lowest BCUT2D eigenvalue weighted by atomic mass is 10.0. The smallest absolute Gasteiger partial charge is 0.269 e. The molecule has 0 bridgehead atoms. The highest BCUT2D eigenvalue weighted by atomic mass is 16.6. The zero-order chi connectivity index (χ0) is 15.4. The number of ketones is 1. The number of carbonyl (C=O) groups is 1. The highest BCUT2D eigenvalue weighted by molar-refractivity contribution is 5.98. The van der Waals surface area contributed by atoms with Gasteiger partial charge in [-0.2, -0.15) is 0 Å². The number of aromatic hydroxyl groups is 2. The van der Waals surface area contributed by atoms with Crippen molar-refractivity contribution in [1.82, 2.24) is 0 Å². The zero-order valence-electron chi connectivity index (χ0n) is 11.0. The fourth-order valence-corrected chi connectivity index (χ4v) is 1.97. The van der Waals surface area contributed by atoms with Gasteiger partial charge in [0.25, 0.3) is 5.69 Å². The lowest BCUT2D eigenvalue weighted by Gasteiger charge is -2.05. The number of rotatable bonds is 5. The number of nitro groups is 1. The van der Waals surface area contributed by atoms with E-state index >= 15 is 0 Å². The first-order chi connectivity index (χ1) is 9.97. The van der Waals surface area contributed by atoms with E-state index in [4.69, 9.17) is 0 Å². The van der Waals surface area contributed by atoms with E-state index in [1.54, 1.807) is 12.1 Å². The highest BCUT2D eigenvalue weighted by Crippen LogP contribution is 2.24. The van der Waals surface area contributed by atoms with Gasteiger partial charge in [0.1, 0.15) is 11.5 Å². The fraction of sp³-hybridized carbons (Fsp3) is 0.133. The quantitative estimate of drug-likeness (QED) is 0.500. The van der Waals surface area contributed by atoms with E-state index in [9.17, 15) is 25.1 Å². The fourth-order valence-electron chi connectivity index (χ4n) is 1.97. The molecule has 2 rings (SSSR count). The maximum Gasteiger partial charge on any atom is 0.269 e. The van der Waals surface area contributed by atoms with Crippen LogP contribution in [0.1, 0.15) is 22.3 Å². The van der Waals surface area contributed by atoms with Crippen LogP contribution in [-0.2, 0) is 6.42 Å². The first kappa shape index (κ1) is 14.5. The molecule has 6 heteroatoms. The summed E-state index contributed by atoms with van der Waals surface area (Å²) in [5.74, 6) is -0.694. The number of Topliss-reactive ketones (excluding diaryl/α,β-unsaturated/α-hetero) is 1. The molecule has 21 heavy (non-hydrogen) atoms. The van der Waals surface area contributed by atoms with E-state index in [1.807, 2.05) is 0 Å². The summed E-state index contributed by atoms with van der Waals surface area (Å²) in [4.78, 5) is 22.2. The largest absolute Gasteiger partial charge is 0.508 e. The number of non-ortho nitro benzene ring substituents is 1. The summed E-state index contributed by atoms with van der Waals surface area (Å²) >= 11 is 0.